The number of rotatable bonds is 4. The average Bonchev–Trinajstić information content (AvgIpc) is 2.78. The summed E-state index contributed by atoms with van der Waals surface area (Å²) in [6.45, 7) is 5.17. The molecule has 0 saturated heterocycles. The lowest BCUT2D eigenvalue weighted by Crippen LogP contribution is -2.31. The number of hydrogen-bond donors (Lipinski definition) is 0. The quantitative estimate of drug-likeness (QED) is 0.804. The minimum Gasteiger partial charge on any atom is -0.497 e. The monoisotopic (exact) mass is 338 g/mol. The second-order valence-electron chi connectivity index (χ2n) is 5.98. The van der Waals surface area contributed by atoms with E-state index in [9.17, 15) is 9.59 Å². The molecule has 0 N–H and O–H groups in total. The molecule has 6 nitrogen and oxygen atoms in total. The third-order valence-corrected chi connectivity index (χ3v) is 3.28. The van der Waals surface area contributed by atoms with Crippen LogP contribution in [0.5, 0.6) is 5.75 Å². The summed E-state index contributed by atoms with van der Waals surface area (Å²) < 4.78 is 12.9. The molecule has 0 atom stereocenters. The van der Waals surface area contributed by atoms with Crippen LogP contribution in [0.1, 0.15) is 20.8 Å². The maximum Gasteiger partial charge on any atom is 0.333 e. The van der Waals surface area contributed by atoms with E-state index in [1.807, 2.05) is 0 Å². The highest BCUT2D eigenvalue weighted by Crippen LogP contribution is 2.24. The van der Waals surface area contributed by atoms with Gasteiger partial charge in [0, 0.05) is 18.5 Å². The number of nitrogens with zero attached hydrogens (tertiary/aromatic N) is 2. The number of benzene rings is 1. The Hall–Kier alpha value is -2.21. The number of carbonyl (C=O) groups is 1. The summed E-state index contributed by atoms with van der Waals surface area (Å²) in [6, 6.07) is 5.01. The zero-order valence-corrected chi connectivity index (χ0v) is 14.3. The molecule has 23 heavy (non-hydrogen) atoms. The lowest BCUT2D eigenvalue weighted by atomic mass is 10.2. The second-order valence-corrected chi connectivity index (χ2v) is 6.39. The van der Waals surface area contributed by atoms with Crippen molar-refractivity contribution in [1.29, 1.82) is 0 Å². The molecule has 2 rings (SSSR count). The van der Waals surface area contributed by atoms with E-state index in [-0.39, 0.29) is 12.2 Å². The molecule has 0 amide bonds. The van der Waals surface area contributed by atoms with Crippen molar-refractivity contribution < 1.29 is 14.3 Å². The Morgan fingerprint density at radius 3 is 2.52 bits per heavy atom. The van der Waals surface area contributed by atoms with Crippen molar-refractivity contribution in [3.05, 3.63) is 46.1 Å². The molecule has 0 aliphatic carbocycles. The van der Waals surface area contributed by atoms with Gasteiger partial charge in [-0.15, -0.1) is 0 Å². The standard InChI is InChI=1S/C16H19ClN2O4/c1-16(2,3)23-14(20)10-18-7-8-19(15(18)21)13-6-5-11(22-4)9-12(13)17/h5-9H,10H2,1-4H3. The van der Waals surface area contributed by atoms with Gasteiger partial charge < -0.3 is 9.47 Å². The Labute approximate surface area is 139 Å². The molecular weight excluding hydrogens is 320 g/mol. The first-order valence-corrected chi connectivity index (χ1v) is 7.42. The van der Waals surface area contributed by atoms with Crippen LogP contribution in [-0.4, -0.2) is 27.8 Å². The third-order valence-electron chi connectivity index (χ3n) is 2.98. The predicted octanol–water partition coefficient (Wildman–Crippen LogP) is 2.64. The van der Waals surface area contributed by atoms with Crippen LogP contribution in [0.3, 0.4) is 0 Å². The highest BCUT2D eigenvalue weighted by molar-refractivity contribution is 6.32. The third kappa shape index (κ3) is 4.16. The summed E-state index contributed by atoms with van der Waals surface area (Å²) in [6.07, 6.45) is 3.08. The van der Waals surface area contributed by atoms with E-state index in [2.05, 4.69) is 0 Å². The van der Waals surface area contributed by atoms with E-state index in [4.69, 9.17) is 21.1 Å². The topological polar surface area (TPSA) is 62.5 Å². The molecular formula is C16H19ClN2O4. The van der Waals surface area contributed by atoms with Crippen LogP contribution in [0.25, 0.3) is 5.69 Å². The van der Waals surface area contributed by atoms with Crippen molar-refractivity contribution in [2.24, 2.45) is 0 Å². The van der Waals surface area contributed by atoms with Gasteiger partial charge in [0.25, 0.3) is 0 Å². The van der Waals surface area contributed by atoms with E-state index >= 15 is 0 Å². The Balaban J connectivity index is 2.26. The van der Waals surface area contributed by atoms with Gasteiger partial charge in [-0.1, -0.05) is 11.6 Å². The summed E-state index contributed by atoms with van der Waals surface area (Å²) in [5, 5.41) is 0.376. The molecule has 1 aromatic carbocycles. The van der Waals surface area contributed by atoms with Gasteiger partial charge in [0.15, 0.2) is 0 Å². The van der Waals surface area contributed by atoms with Crippen molar-refractivity contribution in [3.8, 4) is 11.4 Å². The van der Waals surface area contributed by atoms with Gasteiger partial charge in [-0.25, -0.2) is 4.79 Å². The Morgan fingerprint density at radius 1 is 1.26 bits per heavy atom. The molecule has 7 heteroatoms. The molecule has 0 fully saturated rings. The normalized spacial score (nSPS) is 11.3. The van der Waals surface area contributed by atoms with Crippen molar-refractivity contribution in [2.75, 3.05) is 7.11 Å². The fourth-order valence-electron chi connectivity index (χ4n) is 2.04. The van der Waals surface area contributed by atoms with Crippen molar-refractivity contribution in [2.45, 2.75) is 32.9 Å². The van der Waals surface area contributed by atoms with Crippen molar-refractivity contribution in [3.63, 3.8) is 0 Å². The van der Waals surface area contributed by atoms with E-state index in [1.165, 1.54) is 22.4 Å². The maximum absolute atomic E-state index is 12.4. The van der Waals surface area contributed by atoms with Gasteiger partial charge in [0.05, 0.1) is 17.8 Å². The Kier molecular flexibility index (Phi) is 4.85. The summed E-state index contributed by atoms with van der Waals surface area (Å²) >= 11 is 6.18. The predicted molar refractivity (Wildman–Crippen MR) is 87.4 cm³/mol. The first-order chi connectivity index (χ1) is 10.7. The molecule has 0 aliphatic heterocycles. The van der Waals surface area contributed by atoms with Crippen molar-refractivity contribution >= 4 is 17.6 Å². The molecule has 0 saturated carbocycles. The summed E-state index contributed by atoms with van der Waals surface area (Å²) in [7, 11) is 1.54. The highest BCUT2D eigenvalue weighted by Gasteiger charge is 2.18. The van der Waals surface area contributed by atoms with Crippen molar-refractivity contribution in [1.82, 2.24) is 9.13 Å². The zero-order valence-electron chi connectivity index (χ0n) is 13.5. The van der Waals surface area contributed by atoms with E-state index in [0.29, 0.717) is 16.5 Å². The molecule has 1 heterocycles. The SMILES string of the molecule is COc1ccc(-n2ccn(CC(=O)OC(C)(C)C)c2=O)c(Cl)c1. The number of esters is 1. The summed E-state index contributed by atoms with van der Waals surface area (Å²) in [5.41, 5.74) is -0.453. The summed E-state index contributed by atoms with van der Waals surface area (Å²) in [5.74, 6) is 0.123. The van der Waals surface area contributed by atoms with Crippen LogP contribution in [0.2, 0.25) is 5.02 Å². The fourth-order valence-corrected chi connectivity index (χ4v) is 2.30. The zero-order chi connectivity index (χ0) is 17.2. The van der Waals surface area contributed by atoms with Gasteiger partial charge in [-0.2, -0.15) is 0 Å². The van der Waals surface area contributed by atoms with Gasteiger partial charge >= 0.3 is 11.7 Å². The number of hydrogen-bond acceptors (Lipinski definition) is 4. The number of ether oxygens (including phenoxy) is 2. The van der Waals surface area contributed by atoms with Gasteiger partial charge in [0.2, 0.25) is 0 Å². The van der Waals surface area contributed by atoms with Crippen LogP contribution in [0, 0.1) is 0 Å². The van der Waals surface area contributed by atoms with Crippen LogP contribution in [0.4, 0.5) is 0 Å². The minimum atomic E-state index is -0.595. The fraction of sp³-hybridized carbons (Fsp3) is 0.375. The number of methoxy groups -OCH3 is 1. The number of aromatic nitrogens is 2. The van der Waals surface area contributed by atoms with Gasteiger partial charge in [-0.3, -0.25) is 13.9 Å². The average molecular weight is 339 g/mol. The van der Waals surface area contributed by atoms with Crippen LogP contribution in [-0.2, 0) is 16.1 Å². The smallest absolute Gasteiger partial charge is 0.333 e. The first-order valence-electron chi connectivity index (χ1n) is 7.05. The summed E-state index contributed by atoms with van der Waals surface area (Å²) in [4.78, 5) is 24.2. The van der Waals surface area contributed by atoms with Gasteiger partial charge in [-0.05, 0) is 32.9 Å². The van der Waals surface area contributed by atoms with Crippen LogP contribution < -0.4 is 10.4 Å². The number of imidazole rings is 1. The molecule has 0 bridgehead atoms. The molecule has 124 valence electrons. The number of halogens is 1. The van der Waals surface area contributed by atoms with E-state index in [0.717, 1.165) is 0 Å². The van der Waals surface area contributed by atoms with Crippen LogP contribution in [0.15, 0.2) is 35.4 Å². The minimum absolute atomic E-state index is 0.156. The lowest BCUT2D eigenvalue weighted by molar-refractivity contribution is -0.155. The Bertz CT molecular complexity index is 771. The van der Waals surface area contributed by atoms with Gasteiger partial charge in [0.1, 0.15) is 17.9 Å². The van der Waals surface area contributed by atoms with E-state index in [1.54, 1.807) is 45.2 Å². The highest BCUT2D eigenvalue weighted by atomic mass is 35.5. The molecule has 0 spiro atoms. The molecule has 0 unspecified atom stereocenters. The second kappa shape index (κ2) is 6.50. The van der Waals surface area contributed by atoms with E-state index < -0.39 is 11.6 Å². The molecule has 1 aromatic heterocycles. The largest absolute Gasteiger partial charge is 0.497 e. The molecule has 2 aromatic rings. The molecule has 0 radical (unpaired) electrons. The molecule has 0 aliphatic rings. The lowest BCUT2D eigenvalue weighted by Gasteiger charge is -2.19. The van der Waals surface area contributed by atoms with Crippen LogP contribution >= 0.6 is 11.6 Å². The number of carbonyl (C=O) groups excluding carboxylic acids is 1. The Morgan fingerprint density at radius 2 is 1.96 bits per heavy atom. The first kappa shape index (κ1) is 17.1. The maximum atomic E-state index is 12.4.